The van der Waals surface area contributed by atoms with Gasteiger partial charge >= 0.3 is 5.97 Å². The van der Waals surface area contributed by atoms with E-state index in [2.05, 4.69) is 9.62 Å². The van der Waals surface area contributed by atoms with Crippen LogP contribution >= 0.6 is 0 Å². The van der Waals surface area contributed by atoms with Crippen molar-refractivity contribution >= 4 is 16.0 Å². The third-order valence-corrected chi connectivity index (χ3v) is 5.72. The third-order valence-electron chi connectivity index (χ3n) is 4.30. The summed E-state index contributed by atoms with van der Waals surface area (Å²) in [5.41, 5.74) is 0.967. The van der Waals surface area contributed by atoms with Crippen LogP contribution in [0.4, 0.5) is 0 Å². The Balaban J connectivity index is 2.24. The summed E-state index contributed by atoms with van der Waals surface area (Å²) < 4.78 is 27.9. The number of carbonyl (C=O) groups is 1. The summed E-state index contributed by atoms with van der Waals surface area (Å²) in [7, 11) is -3.81. The first-order chi connectivity index (χ1) is 12.4. The number of hydrogen-bond acceptors (Lipinski definition) is 4. The summed E-state index contributed by atoms with van der Waals surface area (Å²) in [4.78, 5) is 13.2. The molecule has 1 atom stereocenters. The van der Waals surface area contributed by atoms with Gasteiger partial charge < -0.3 is 5.11 Å². The lowest BCUT2D eigenvalue weighted by Gasteiger charge is -2.30. The Kier molecular flexibility index (Phi) is 6.90. The van der Waals surface area contributed by atoms with Crippen LogP contribution in [0.5, 0.6) is 0 Å². The van der Waals surface area contributed by atoms with Crippen molar-refractivity contribution in [2.45, 2.75) is 24.8 Å². The van der Waals surface area contributed by atoms with Crippen molar-refractivity contribution in [2.24, 2.45) is 0 Å². The number of nitrogens with one attached hydrogen (secondary N) is 1. The molecule has 0 saturated carbocycles. The zero-order chi connectivity index (χ0) is 19.2. The maximum absolute atomic E-state index is 12.6. The number of hydrogen-bond donors (Lipinski definition) is 2. The smallest absolute Gasteiger partial charge is 0.335 e. The van der Waals surface area contributed by atoms with Gasteiger partial charge in [0.1, 0.15) is 0 Å². The number of carboxylic acid groups (broad SMARTS) is 1. The van der Waals surface area contributed by atoms with Crippen molar-refractivity contribution in [3.8, 4) is 0 Å². The second kappa shape index (κ2) is 8.93. The van der Waals surface area contributed by atoms with Crippen molar-refractivity contribution in [1.82, 2.24) is 9.62 Å². The van der Waals surface area contributed by atoms with Gasteiger partial charge in [0.2, 0.25) is 10.0 Å². The fourth-order valence-electron chi connectivity index (χ4n) is 2.87. The minimum absolute atomic E-state index is 0.0521. The Morgan fingerprint density at radius 1 is 1.08 bits per heavy atom. The molecule has 0 spiro atoms. The summed E-state index contributed by atoms with van der Waals surface area (Å²) in [6.45, 7) is 5.83. The minimum atomic E-state index is -3.81. The van der Waals surface area contributed by atoms with Gasteiger partial charge in [0.25, 0.3) is 0 Å². The van der Waals surface area contributed by atoms with E-state index in [9.17, 15) is 13.2 Å². The molecule has 0 saturated heterocycles. The maximum atomic E-state index is 12.6. The average Bonchev–Trinajstić information content (AvgIpc) is 2.66. The largest absolute Gasteiger partial charge is 0.478 e. The Morgan fingerprint density at radius 3 is 2.31 bits per heavy atom. The highest BCUT2D eigenvalue weighted by molar-refractivity contribution is 7.89. The predicted molar refractivity (Wildman–Crippen MR) is 101 cm³/mol. The zero-order valence-electron chi connectivity index (χ0n) is 14.9. The van der Waals surface area contributed by atoms with Gasteiger partial charge in [-0.3, -0.25) is 4.90 Å². The molecule has 2 N–H and O–H groups in total. The lowest BCUT2D eigenvalue weighted by molar-refractivity contribution is 0.0696. The molecule has 2 aromatic carbocycles. The lowest BCUT2D eigenvalue weighted by Crippen LogP contribution is -2.38. The van der Waals surface area contributed by atoms with E-state index >= 15 is 0 Å². The highest BCUT2D eigenvalue weighted by Gasteiger charge is 2.22. The minimum Gasteiger partial charge on any atom is -0.478 e. The molecule has 7 heteroatoms. The molecule has 0 aromatic heterocycles. The van der Waals surface area contributed by atoms with Gasteiger partial charge in [-0.15, -0.1) is 0 Å². The fourth-order valence-corrected chi connectivity index (χ4v) is 3.95. The number of likely N-dealkylation sites (N-methyl/N-ethyl adjacent to an activating group) is 1. The van der Waals surface area contributed by atoms with Crippen molar-refractivity contribution in [2.75, 3.05) is 19.6 Å². The first kappa shape index (κ1) is 20.1. The molecule has 0 aliphatic heterocycles. The van der Waals surface area contributed by atoms with Crippen LogP contribution in [0.25, 0.3) is 0 Å². The molecule has 2 aromatic rings. The van der Waals surface area contributed by atoms with Crippen LogP contribution in [-0.2, 0) is 10.0 Å². The van der Waals surface area contributed by atoms with Crippen molar-refractivity contribution in [1.29, 1.82) is 0 Å². The molecule has 0 aliphatic rings. The zero-order valence-corrected chi connectivity index (χ0v) is 15.7. The quantitative estimate of drug-likeness (QED) is 0.703. The first-order valence-electron chi connectivity index (χ1n) is 8.51. The van der Waals surface area contributed by atoms with E-state index in [0.29, 0.717) is 0 Å². The molecule has 0 heterocycles. The van der Waals surface area contributed by atoms with E-state index < -0.39 is 16.0 Å². The molecule has 26 heavy (non-hydrogen) atoms. The van der Waals surface area contributed by atoms with Gasteiger partial charge in [-0.25, -0.2) is 17.9 Å². The topological polar surface area (TPSA) is 86.7 Å². The predicted octanol–water partition coefficient (Wildman–Crippen LogP) is 2.75. The molecular weight excluding hydrogens is 352 g/mol. The third kappa shape index (κ3) is 4.91. The molecule has 0 fully saturated rings. The Morgan fingerprint density at radius 2 is 1.73 bits per heavy atom. The van der Waals surface area contributed by atoms with E-state index in [4.69, 9.17) is 5.11 Å². The molecule has 0 aliphatic carbocycles. The summed E-state index contributed by atoms with van der Waals surface area (Å²) in [5, 5.41) is 9.06. The first-order valence-corrected chi connectivity index (χ1v) is 9.99. The second-order valence-corrected chi connectivity index (χ2v) is 7.60. The van der Waals surface area contributed by atoms with Crippen LogP contribution in [0.15, 0.2) is 59.5 Å². The summed E-state index contributed by atoms with van der Waals surface area (Å²) in [6, 6.07) is 15.0. The maximum Gasteiger partial charge on any atom is 0.335 e. The average molecular weight is 376 g/mol. The van der Waals surface area contributed by atoms with Gasteiger partial charge in [-0.05, 0) is 36.9 Å². The Bertz CT molecular complexity index is 834. The van der Waals surface area contributed by atoms with Crippen molar-refractivity contribution < 1.29 is 18.3 Å². The summed E-state index contributed by atoms with van der Waals surface area (Å²) in [6.07, 6.45) is 0. The molecule has 6 nitrogen and oxygen atoms in total. The van der Waals surface area contributed by atoms with Gasteiger partial charge in [-0.2, -0.15) is 0 Å². The Labute approximate surface area is 154 Å². The van der Waals surface area contributed by atoms with Crippen LogP contribution in [0, 0.1) is 0 Å². The van der Waals surface area contributed by atoms with Gasteiger partial charge in [0.05, 0.1) is 10.5 Å². The molecule has 0 radical (unpaired) electrons. The number of aromatic carboxylic acids is 1. The number of nitrogens with zero attached hydrogens (tertiary/aromatic N) is 1. The monoisotopic (exact) mass is 376 g/mol. The van der Waals surface area contributed by atoms with Crippen LogP contribution < -0.4 is 4.72 Å². The number of carboxylic acids is 1. The van der Waals surface area contributed by atoms with E-state index in [-0.39, 0.29) is 23.0 Å². The SMILES string of the molecule is CCN(CC)C(CNS(=O)(=O)c1cccc(C(=O)O)c1)c1ccccc1. The second-order valence-electron chi connectivity index (χ2n) is 5.83. The van der Waals surface area contributed by atoms with E-state index in [0.717, 1.165) is 18.7 Å². The number of benzene rings is 2. The van der Waals surface area contributed by atoms with Crippen LogP contribution in [0.3, 0.4) is 0 Å². The molecule has 140 valence electrons. The molecule has 0 amide bonds. The summed E-state index contributed by atoms with van der Waals surface area (Å²) >= 11 is 0. The molecular formula is C19H24N2O4S. The lowest BCUT2D eigenvalue weighted by atomic mass is 10.1. The van der Waals surface area contributed by atoms with E-state index in [1.807, 2.05) is 44.2 Å². The van der Waals surface area contributed by atoms with Gasteiger partial charge in [0, 0.05) is 12.6 Å². The van der Waals surface area contributed by atoms with E-state index in [1.54, 1.807) is 0 Å². The highest BCUT2D eigenvalue weighted by Crippen LogP contribution is 2.21. The van der Waals surface area contributed by atoms with Crippen molar-refractivity contribution in [3.05, 3.63) is 65.7 Å². The van der Waals surface area contributed by atoms with Gasteiger partial charge in [-0.1, -0.05) is 50.2 Å². The van der Waals surface area contributed by atoms with Crippen molar-refractivity contribution in [3.63, 3.8) is 0 Å². The number of rotatable bonds is 9. The van der Waals surface area contributed by atoms with E-state index in [1.165, 1.54) is 24.3 Å². The normalized spacial score (nSPS) is 12.9. The van der Waals surface area contributed by atoms with Crippen LogP contribution in [0.1, 0.15) is 35.8 Å². The van der Waals surface area contributed by atoms with Gasteiger partial charge in [0.15, 0.2) is 0 Å². The standard InChI is InChI=1S/C19H24N2O4S/c1-3-21(4-2)18(15-9-6-5-7-10-15)14-20-26(24,25)17-12-8-11-16(13-17)19(22)23/h5-13,18,20H,3-4,14H2,1-2H3,(H,22,23). The van der Waals surface area contributed by atoms with Crippen LogP contribution in [-0.4, -0.2) is 44.0 Å². The number of sulfonamides is 1. The highest BCUT2D eigenvalue weighted by atomic mass is 32.2. The molecule has 0 bridgehead atoms. The Hall–Kier alpha value is -2.22. The molecule has 2 rings (SSSR count). The fraction of sp³-hybridized carbons (Fsp3) is 0.316. The molecule has 1 unspecified atom stereocenters. The van der Waals surface area contributed by atoms with Crippen LogP contribution in [0.2, 0.25) is 0 Å². The summed E-state index contributed by atoms with van der Waals surface area (Å²) in [5.74, 6) is -1.16.